The van der Waals surface area contributed by atoms with Gasteiger partial charge in [0.1, 0.15) is 24.1 Å². The van der Waals surface area contributed by atoms with Gasteiger partial charge in [0, 0.05) is 18.9 Å². The number of aliphatic hydroxyl groups excluding tert-OH is 2. The monoisotopic (exact) mass is 487 g/mol. The molecule has 2 atom stereocenters. The molecule has 0 aliphatic heterocycles. The second-order valence-electron chi connectivity index (χ2n) is 8.67. The average Bonchev–Trinajstić information content (AvgIpc) is 3.19. The summed E-state index contributed by atoms with van der Waals surface area (Å²) in [6, 6.07) is 10.5. The lowest BCUT2D eigenvalue weighted by molar-refractivity contribution is -0.117. The number of alkyl carbamates (subject to hydrolysis) is 1. The van der Waals surface area contributed by atoms with Gasteiger partial charge in [-0.2, -0.15) is 0 Å². The second-order valence-corrected chi connectivity index (χ2v) is 9.75. The highest BCUT2D eigenvalue weighted by Gasteiger charge is 2.24. The molecule has 2 aromatic heterocycles. The fourth-order valence-corrected chi connectivity index (χ4v) is 3.99. The first-order chi connectivity index (χ1) is 16.1. The Kier molecular flexibility index (Phi) is 8.43. The number of benzene rings is 1. The molecular weight excluding hydrogens is 458 g/mol. The number of anilines is 1. The maximum atomic E-state index is 13.2. The van der Waals surface area contributed by atoms with Gasteiger partial charge in [-0.1, -0.05) is 12.1 Å². The van der Waals surface area contributed by atoms with E-state index in [1.54, 1.807) is 57.4 Å². The smallest absolute Gasteiger partial charge is 0.407 e. The van der Waals surface area contributed by atoms with E-state index in [4.69, 9.17) is 14.6 Å². The van der Waals surface area contributed by atoms with E-state index in [0.29, 0.717) is 16.3 Å². The predicted molar refractivity (Wildman–Crippen MR) is 130 cm³/mol. The number of thiophene rings is 1. The fraction of sp³-hybridized carbons (Fsp3) is 0.375. The number of amides is 2. The normalized spacial score (nSPS) is 13.2. The SMILES string of the molecule is CC(C)(C)OC(=O)NCC(C(=O)Nc1cc2ccncc2s1)c1ccc(OCC(O)CO)cc1. The summed E-state index contributed by atoms with van der Waals surface area (Å²) in [5.41, 5.74) is -0.00294. The van der Waals surface area contributed by atoms with Gasteiger partial charge in [-0.15, -0.1) is 11.3 Å². The van der Waals surface area contributed by atoms with Crippen LogP contribution in [0.5, 0.6) is 5.75 Å². The van der Waals surface area contributed by atoms with Crippen molar-refractivity contribution in [3.63, 3.8) is 0 Å². The first kappa shape index (κ1) is 25.4. The average molecular weight is 488 g/mol. The summed E-state index contributed by atoms with van der Waals surface area (Å²) in [7, 11) is 0. The highest BCUT2D eigenvalue weighted by molar-refractivity contribution is 7.22. The summed E-state index contributed by atoms with van der Waals surface area (Å²) in [5, 5.41) is 25.6. The van der Waals surface area contributed by atoms with Crippen molar-refractivity contribution in [2.75, 3.05) is 25.1 Å². The zero-order valence-electron chi connectivity index (χ0n) is 19.3. The van der Waals surface area contributed by atoms with E-state index in [1.807, 2.05) is 12.1 Å². The van der Waals surface area contributed by atoms with Crippen molar-refractivity contribution in [3.05, 3.63) is 54.4 Å². The number of ether oxygens (including phenoxy) is 2. The van der Waals surface area contributed by atoms with Crippen molar-refractivity contribution in [2.24, 2.45) is 0 Å². The molecule has 0 radical (unpaired) electrons. The Morgan fingerprint density at radius 3 is 2.56 bits per heavy atom. The third-order valence-corrected chi connectivity index (χ3v) is 5.67. The lowest BCUT2D eigenvalue weighted by atomic mass is 9.98. The molecular formula is C24H29N3O6S. The van der Waals surface area contributed by atoms with E-state index in [1.165, 1.54) is 11.3 Å². The van der Waals surface area contributed by atoms with Crippen LogP contribution in [0.25, 0.3) is 10.1 Å². The predicted octanol–water partition coefficient (Wildman–Crippen LogP) is 3.28. The third kappa shape index (κ3) is 7.41. The Balaban J connectivity index is 1.75. The molecule has 0 aliphatic rings. The number of carbonyl (C=O) groups excluding carboxylic acids is 2. The molecule has 9 nitrogen and oxygen atoms in total. The molecule has 10 heteroatoms. The van der Waals surface area contributed by atoms with Crippen LogP contribution in [-0.2, 0) is 9.53 Å². The largest absolute Gasteiger partial charge is 0.491 e. The quantitative estimate of drug-likeness (QED) is 0.364. The maximum absolute atomic E-state index is 13.2. The lowest BCUT2D eigenvalue weighted by Gasteiger charge is -2.22. The Labute approximate surface area is 201 Å². The number of carbonyl (C=O) groups is 2. The third-order valence-electron chi connectivity index (χ3n) is 4.67. The van der Waals surface area contributed by atoms with Crippen LogP contribution in [0.2, 0.25) is 0 Å². The van der Waals surface area contributed by atoms with Gasteiger partial charge in [0.05, 0.1) is 22.2 Å². The van der Waals surface area contributed by atoms with Crippen LogP contribution in [0.1, 0.15) is 32.3 Å². The van der Waals surface area contributed by atoms with E-state index in [9.17, 15) is 14.7 Å². The van der Waals surface area contributed by atoms with Crippen LogP contribution < -0.4 is 15.4 Å². The highest BCUT2D eigenvalue weighted by atomic mass is 32.1. The minimum Gasteiger partial charge on any atom is -0.491 e. The summed E-state index contributed by atoms with van der Waals surface area (Å²) in [6.07, 6.45) is 1.84. The molecule has 0 saturated carbocycles. The Morgan fingerprint density at radius 2 is 1.91 bits per heavy atom. The topological polar surface area (TPSA) is 130 Å². The van der Waals surface area contributed by atoms with Crippen LogP contribution in [0.15, 0.2) is 48.8 Å². The summed E-state index contributed by atoms with van der Waals surface area (Å²) < 4.78 is 11.7. The van der Waals surface area contributed by atoms with Crippen LogP contribution in [0.4, 0.5) is 9.80 Å². The molecule has 2 heterocycles. The molecule has 182 valence electrons. The molecule has 1 aromatic carbocycles. The first-order valence-corrected chi connectivity index (χ1v) is 11.6. The number of nitrogens with one attached hydrogen (secondary N) is 2. The number of pyridine rings is 1. The van der Waals surface area contributed by atoms with E-state index in [0.717, 1.165) is 10.1 Å². The zero-order chi connectivity index (χ0) is 24.7. The molecule has 4 N–H and O–H groups in total. The summed E-state index contributed by atoms with van der Waals surface area (Å²) in [6.45, 7) is 4.86. The molecule has 0 bridgehead atoms. The standard InChI is InChI=1S/C24H29N3O6S/c1-24(2,3)33-23(31)26-11-19(15-4-6-18(7-5-15)32-14-17(29)13-28)22(30)27-21-10-16-8-9-25-12-20(16)34-21/h4-10,12,17,19,28-29H,11,13-14H2,1-3H3,(H,26,31)(H,27,30). The molecule has 34 heavy (non-hydrogen) atoms. The first-order valence-electron chi connectivity index (χ1n) is 10.8. The second kappa shape index (κ2) is 11.3. The van der Waals surface area contributed by atoms with Crippen molar-refractivity contribution < 1.29 is 29.3 Å². The van der Waals surface area contributed by atoms with E-state index in [2.05, 4.69) is 15.6 Å². The van der Waals surface area contributed by atoms with Crippen molar-refractivity contribution in [3.8, 4) is 5.75 Å². The minimum absolute atomic E-state index is 0.0244. The molecule has 0 saturated heterocycles. The Morgan fingerprint density at radius 1 is 1.18 bits per heavy atom. The van der Waals surface area contributed by atoms with Gasteiger partial charge in [-0.05, 0) is 56.0 Å². The molecule has 3 aromatic rings. The number of nitrogens with zero attached hydrogens (tertiary/aromatic N) is 1. The molecule has 0 spiro atoms. The van der Waals surface area contributed by atoms with Crippen LogP contribution in [0, 0.1) is 0 Å². The van der Waals surface area contributed by atoms with E-state index >= 15 is 0 Å². The summed E-state index contributed by atoms with van der Waals surface area (Å²) >= 11 is 1.41. The molecule has 0 aliphatic carbocycles. The number of aliphatic hydroxyl groups is 2. The molecule has 3 rings (SSSR count). The van der Waals surface area contributed by atoms with Gasteiger partial charge in [-0.3, -0.25) is 9.78 Å². The summed E-state index contributed by atoms with van der Waals surface area (Å²) in [5.74, 6) is -0.514. The van der Waals surface area contributed by atoms with Crippen molar-refractivity contribution in [1.82, 2.24) is 10.3 Å². The zero-order valence-corrected chi connectivity index (χ0v) is 20.1. The molecule has 2 amide bonds. The van der Waals surface area contributed by atoms with Crippen LogP contribution in [0.3, 0.4) is 0 Å². The fourth-order valence-electron chi connectivity index (χ4n) is 3.06. The van der Waals surface area contributed by atoms with E-state index < -0.39 is 30.3 Å². The Hall–Kier alpha value is -3.21. The number of hydrogen-bond donors (Lipinski definition) is 4. The molecule has 0 fully saturated rings. The molecule has 2 unspecified atom stereocenters. The van der Waals surface area contributed by atoms with Crippen molar-refractivity contribution in [2.45, 2.75) is 38.4 Å². The maximum Gasteiger partial charge on any atom is 0.407 e. The number of rotatable bonds is 9. The Bertz CT molecular complexity index is 1080. The van der Waals surface area contributed by atoms with Gasteiger partial charge in [0.2, 0.25) is 5.91 Å². The van der Waals surface area contributed by atoms with Gasteiger partial charge >= 0.3 is 6.09 Å². The van der Waals surface area contributed by atoms with Crippen molar-refractivity contribution in [1.29, 1.82) is 0 Å². The van der Waals surface area contributed by atoms with Gasteiger partial charge in [-0.25, -0.2) is 4.79 Å². The lowest BCUT2D eigenvalue weighted by Crippen LogP contribution is -2.37. The van der Waals surface area contributed by atoms with Gasteiger partial charge in [0.25, 0.3) is 0 Å². The minimum atomic E-state index is -0.979. The van der Waals surface area contributed by atoms with Crippen molar-refractivity contribution >= 4 is 38.4 Å². The van der Waals surface area contributed by atoms with Gasteiger partial charge < -0.3 is 30.3 Å². The number of fused-ring (bicyclic) bond motifs is 1. The summed E-state index contributed by atoms with van der Waals surface area (Å²) in [4.78, 5) is 29.5. The van der Waals surface area contributed by atoms with Crippen LogP contribution in [-0.4, -0.2) is 58.7 Å². The van der Waals surface area contributed by atoms with Crippen LogP contribution >= 0.6 is 11.3 Å². The highest BCUT2D eigenvalue weighted by Crippen LogP contribution is 2.30. The number of hydrogen-bond acceptors (Lipinski definition) is 8. The van der Waals surface area contributed by atoms with E-state index in [-0.39, 0.29) is 19.1 Å². The van der Waals surface area contributed by atoms with Gasteiger partial charge in [0.15, 0.2) is 0 Å². The number of aromatic nitrogens is 1.